The molecule has 1 N–H and O–H groups in total. The summed E-state index contributed by atoms with van der Waals surface area (Å²) in [6.07, 6.45) is -3.54. The minimum atomic E-state index is -4.57. The Labute approximate surface area is 119 Å². The summed E-state index contributed by atoms with van der Waals surface area (Å²) in [5.41, 5.74) is -1.20. The van der Waals surface area contributed by atoms with Crippen molar-refractivity contribution in [2.24, 2.45) is 5.92 Å². The molecule has 1 aliphatic heterocycles. The van der Waals surface area contributed by atoms with Crippen LogP contribution in [0.4, 0.5) is 18.9 Å². The highest BCUT2D eigenvalue weighted by Gasteiger charge is 2.34. The lowest BCUT2D eigenvalue weighted by molar-refractivity contribution is -0.137. The van der Waals surface area contributed by atoms with E-state index in [2.05, 4.69) is 5.32 Å². The molecule has 0 aromatic heterocycles. The van der Waals surface area contributed by atoms with Crippen LogP contribution in [0.2, 0.25) is 5.02 Å². The molecule has 2 rings (SSSR count). The van der Waals surface area contributed by atoms with Crippen molar-refractivity contribution in [3.63, 3.8) is 0 Å². The van der Waals surface area contributed by atoms with Crippen LogP contribution in [0, 0.1) is 5.92 Å². The molecule has 20 heavy (non-hydrogen) atoms. The third kappa shape index (κ3) is 3.64. The van der Waals surface area contributed by atoms with Crippen LogP contribution in [-0.2, 0) is 15.7 Å². The average Bonchev–Trinajstić information content (AvgIpc) is 2.40. The summed E-state index contributed by atoms with van der Waals surface area (Å²) in [5, 5.41) is 2.31. The Balaban J connectivity index is 2.18. The predicted molar refractivity (Wildman–Crippen MR) is 68.6 cm³/mol. The zero-order chi connectivity index (χ0) is 14.8. The fraction of sp³-hybridized carbons (Fsp3) is 0.462. The summed E-state index contributed by atoms with van der Waals surface area (Å²) < 4.78 is 43.8. The van der Waals surface area contributed by atoms with Gasteiger partial charge in [0.25, 0.3) is 0 Å². The van der Waals surface area contributed by atoms with Crippen LogP contribution in [0.5, 0.6) is 0 Å². The molecule has 1 aromatic rings. The average molecular weight is 308 g/mol. The minimum absolute atomic E-state index is 0.0265. The van der Waals surface area contributed by atoms with Gasteiger partial charge in [-0.3, -0.25) is 4.79 Å². The van der Waals surface area contributed by atoms with E-state index in [4.69, 9.17) is 16.3 Å². The van der Waals surface area contributed by atoms with Gasteiger partial charge in [0.1, 0.15) is 0 Å². The van der Waals surface area contributed by atoms with Crippen molar-refractivity contribution in [2.45, 2.75) is 19.0 Å². The van der Waals surface area contributed by atoms with E-state index >= 15 is 0 Å². The normalized spacial score (nSPS) is 17.0. The van der Waals surface area contributed by atoms with Crippen molar-refractivity contribution in [1.29, 1.82) is 0 Å². The quantitative estimate of drug-likeness (QED) is 0.904. The third-order valence-electron chi connectivity index (χ3n) is 3.14. The maximum Gasteiger partial charge on any atom is 0.418 e. The Morgan fingerprint density at radius 1 is 1.30 bits per heavy atom. The number of amides is 1. The Bertz CT molecular complexity index is 499. The summed E-state index contributed by atoms with van der Waals surface area (Å²) in [5.74, 6) is -0.735. The number of carbonyl (C=O) groups is 1. The van der Waals surface area contributed by atoms with Gasteiger partial charge in [0.05, 0.1) is 11.3 Å². The molecule has 3 nitrogen and oxygen atoms in total. The van der Waals surface area contributed by atoms with Gasteiger partial charge in [-0.2, -0.15) is 13.2 Å². The number of nitrogens with one attached hydrogen (secondary N) is 1. The topological polar surface area (TPSA) is 38.3 Å². The molecule has 0 saturated carbocycles. The largest absolute Gasteiger partial charge is 0.418 e. The van der Waals surface area contributed by atoms with Crippen LogP contribution in [0.1, 0.15) is 18.4 Å². The number of anilines is 1. The van der Waals surface area contributed by atoms with Gasteiger partial charge in [-0.25, -0.2) is 0 Å². The maximum atomic E-state index is 12.9. The monoisotopic (exact) mass is 307 g/mol. The van der Waals surface area contributed by atoms with Gasteiger partial charge in [0.2, 0.25) is 5.91 Å². The van der Waals surface area contributed by atoms with Crippen LogP contribution < -0.4 is 5.32 Å². The van der Waals surface area contributed by atoms with Crippen LogP contribution in [0.25, 0.3) is 0 Å². The maximum absolute atomic E-state index is 12.9. The Morgan fingerprint density at radius 2 is 1.95 bits per heavy atom. The van der Waals surface area contributed by atoms with E-state index < -0.39 is 17.6 Å². The number of halogens is 4. The molecule has 1 aliphatic rings. The molecule has 1 fully saturated rings. The number of hydrogen-bond acceptors (Lipinski definition) is 2. The van der Waals surface area contributed by atoms with E-state index in [1.54, 1.807) is 0 Å². The standard InChI is InChI=1S/C13H13ClF3NO2/c14-9-1-2-11(10(7-9)13(15,16)17)18-12(19)8-3-5-20-6-4-8/h1-2,7-8H,3-6H2,(H,18,19). The summed E-state index contributed by atoms with van der Waals surface area (Å²) in [6.45, 7) is 0.898. The second-order valence-corrected chi connectivity index (χ2v) is 5.00. The first kappa shape index (κ1) is 15.1. The third-order valence-corrected chi connectivity index (χ3v) is 3.37. The lowest BCUT2D eigenvalue weighted by Gasteiger charge is -2.22. The van der Waals surface area contributed by atoms with Crippen molar-refractivity contribution in [3.05, 3.63) is 28.8 Å². The second-order valence-electron chi connectivity index (χ2n) is 4.56. The van der Waals surface area contributed by atoms with Gasteiger partial charge < -0.3 is 10.1 Å². The number of ether oxygens (including phenoxy) is 1. The highest BCUT2D eigenvalue weighted by atomic mass is 35.5. The molecule has 1 amide bonds. The summed E-state index contributed by atoms with van der Waals surface area (Å²) in [7, 11) is 0. The lowest BCUT2D eigenvalue weighted by Crippen LogP contribution is -2.29. The molecule has 0 spiro atoms. The molecule has 1 aromatic carbocycles. The minimum Gasteiger partial charge on any atom is -0.381 e. The molecule has 0 atom stereocenters. The first-order valence-corrected chi connectivity index (χ1v) is 6.51. The molecule has 1 saturated heterocycles. The van der Waals surface area contributed by atoms with E-state index in [1.165, 1.54) is 12.1 Å². The number of carbonyl (C=O) groups excluding carboxylic acids is 1. The Hall–Kier alpha value is -1.27. The van der Waals surface area contributed by atoms with Crippen LogP contribution in [0.15, 0.2) is 18.2 Å². The summed E-state index contributed by atoms with van der Waals surface area (Å²) >= 11 is 5.58. The highest BCUT2D eigenvalue weighted by molar-refractivity contribution is 6.30. The first-order valence-electron chi connectivity index (χ1n) is 6.13. The van der Waals surface area contributed by atoms with Crippen LogP contribution >= 0.6 is 11.6 Å². The molecule has 110 valence electrons. The number of rotatable bonds is 2. The number of alkyl halides is 3. The van der Waals surface area contributed by atoms with Crippen molar-refractivity contribution >= 4 is 23.2 Å². The van der Waals surface area contributed by atoms with Gasteiger partial charge >= 0.3 is 6.18 Å². The molecular weight excluding hydrogens is 295 g/mol. The van der Waals surface area contributed by atoms with Crippen molar-refractivity contribution in [2.75, 3.05) is 18.5 Å². The van der Waals surface area contributed by atoms with E-state index in [0.717, 1.165) is 6.07 Å². The predicted octanol–water partition coefficient (Wildman–Crippen LogP) is 3.72. The van der Waals surface area contributed by atoms with Gasteiger partial charge in [-0.05, 0) is 31.0 Å². The molecular formula is C13H13ClF3NO2. The molecule has 1 heterocycles. The second kappa shape index (κ2) is 6.01. The molecule has 0 radical (unpaired) electrons. The smallest absolute Gasteiger partial charge is 0.381 e. The summed E-state index contributed by atoms with van der Waals surface area (Å²) in [4.78, 5) is 12.0. The fourth-order valence-corrected chi connectivity index (χ4v) is 2.23. The van der Waals surface area contributed by atoms with E-state index in [0.29, 0.717) is 26.1 Å². The van der Waals surface area contributed by atoms with Gasteiger partial charge in [-0.1, -0.05) is 11.6 Å². The van der Waals surface area contributed by atoms with Gasteiger partial charge in [0, 0.05) is 24.2 Å². The molecule has 0 unspecified atom stereocenters. The van der Waals surface area contributed by atoms with Crippen LogP contribution in [0.3, 0.4) is 0 Å². The van der Waals surface area contributed by atoms with Gasteiger partial charge in [0.15, 0.2) is 0 Å². The highest BCUT2D eigenvalue weighted by Crippen LogP contribution is 2.36. The van der Waals surface area contributed by atoms with E-state index in [-0.39, 0.29) is 16.6 Å². The van der Waals surface area contributed by atoms with Crippen LogP contribution in [-0.4, -0.2) is 19.1 Å². The first-order chi connectivity index (χ1) is 9.38. The van der Waals surface area contributed by atoms with Crippen molar-refractivity contribution < 1.29 is 22.7 Å². The molecule has 0 bridgehead atoms. The Kier molecular flexibility index (Phi) is 4.55. The Morgan fingerprint density at radius 3 is 2.55 bits per heavy atom. The van der Waals surface area contributed by atoms with E-state index in [1.807, 2.05) is 0 Å². The zero-order valence-corrected chi connectivity index (χ0v) is 11.2. The van der Waals surface area contributed by atoms with Crippen molar-refractivity contribution in [1.82, 2.24) is 0 Å². The van der Waals surface area contributed by atoms with E-state index in [9.17, 15) is 18.0 Å². The number of hydrogen-bond donors (Lipinski definition) is 1. The summed E-state index contributed by atoms with van der Waals surface area (Å²) in [6, 6.07) is 3.29. The zero-order valence-electron chi connectivity index (χ0n) is 10.5. The van der Waals surface area contributed by atoms with Gasteiger partial charge in [-0.15, -0.1) is 0 Å². The fourth-order valence-electron chi connectivity index (χ4n) is 2.05. The SMILES string of the molecule is O=C(Nc1ccc(Cl)cc1C(F)(F)F)C1CCOCC1. The lowest BCUT2D eigenvalue weighted by atomic mass is 9.99. The molecule has 0 aliphatic carbocycles. The van der Waals surface area contributed by atoms with Crippen molar-refractivity contribution in [3.8, 4) is 0 Å². The molecule has 7 heteroatoms. The number of benzene rings is 1.